The molecule has 0 spiro atoms. The smallest absolute Gasteiger partial charge is 0.306 e. The number of benzene rings is 1. The maximum atomic E-state index is 11.7. The van der Waals surface area contributed by atoms with Gasteiger partial charge in [0.25, 0.3) is 0 Å². The minimum Gasteiger partial charge on any atom is -0.493 e. The molecule has 0 heterocycles. The average molecular weight is 248 g/mol. The summed E-state index contributed by atoms with van der Waals surface area (Å²) in [6.45, 7) is 7.19. The Hall–Kier alpha value is -2.10. The van der Waals surface area contributed by atoms with Crippen LogP contribution in [-0.2, 0) is 4.79 Å². The van der Waals surface area contributed by atoms with Gasteiger partial charge in [0.1, 0.15) is 5.75 Å². The van der Waals surface area contributed by atoms with E-state index in [1.807, 2.05) is 6.92 Å². The molecule has 0 aromatic heterocycles. The molecule has 4 nitrogen and oxygen atoms in total. The van der Waals surface area contributed by atoms with Crippen LogP contribution in [0.15, 0.2) is 30.4 Å². The van der Waals surface area contributed by atoms with Crippen LogP contribution in [-0.4, -0.2) is 23.5 Å². The number of carboxylic acids is 1. The van der Waals surface area contributed by atoms with Gasteiger partial charge in [-0.05, 0) is 43.2 Å². The lowest BCUT2D eigenvalue weighted by molar-refractivity contribution is -0.137. The third-order valence-electron chi connectivity index (χ3n) is 2.40. The van der Waals surface area contributed by atoms with Crippen molar-refractivity contribution in [2.24, 2.45) is 0 Å². The Morgan fingerprint density at radius 2 is 2.06 bits per heavy atom. The van der Waals surface area contributed by atoms with Gasteiger partial charge in [-0.2, -0.15) is 0 Å². The first-order chi connectivity index (χ1) is 8.41. The van der Waals surface area contributed by atoms with E-state index in [0.29, 0.717) is 16.9 Å². The summed E-state index contributed by atoms with van der Waals surface area (Å²) in [6.07, 6.45) is -0.0497. The van der Waals surface area contributed by atoms with Gasteiger partial charge in [0, 0.05) is 5.56 Å². The normalized spacial score (nSPS) is 9.89. The average Bonchev–Trinajstić information content (AvgIpc) is 2.29. The molecular weight excluding hydrogens is 232 g/mol. The number of carboxylic acid groups (broad SMARTS) is 1. The Kier molecular flexibility index (Phi) is 4.66. The Morgan fingerprint density at radius 3 is 2.56 bits per heavy atom. The lowest BCUT2D eigenvalue weighted by Gasteiger charge is -2.09. The van der Waals surface area contributed by atoms with E-state index in [9.17, 15) is 9.59 Å². The van der Waals surface area contributed by atoms with Gasteiger partial charge in [0.05, 0.1) is 13.0 Å². The molecule has 0 saturated carbocycles. The molecular formula is C14H16O4. The highest BCUT2D eigenvalue weighted by Gasteiger charge is 2.09. The SMILES string of the molecule is C=C(C)C(=O)c1ccc(OCCC(=O)O)c(C)c1. The van der Waals surface area contributed by atoms with Crippen molar-refractivity contribution >= 4 is 11.8 Å². The Bertz CT molecular complexity index is 489. The number of ether oxygens (including phenoxy) is 1. The maximum Gasteiger partial charge on any atom is 0.306 e. The summed E-state index contributed by atoms with van der Waals surface area (Å²) < 4.78 is 5.33. The largest absolute Gasteiger partial charge is 0.493 e. The summed E-state index contributed by atoms with van der Waals surface area (Å²) in [6, 6.07) is 5.04. The van der Waals surface area contributed by atoms with Gasteiger partial charge in [-0.3, -0.25) is 9.59 Å². The summed E-state index contributed by atoms with van der Waals surface area (Å²) in [4.78, 5) is 22.1. The lowest BCUT2D eigenvalue weighted by atomic mass is 10.0. The molecule has 0 unspecified atom stereocenters. The fraction of sp³-hybridized carbons (Fsp3) is 0.286. The van der Waals surface area contributed by atoms with Crippen LogP contribution >= 0.6 is 0 Å². The van der Waals surface area contributed by atoms with Crippen LogP contribution in [0.4, 0.5) is 0 Å². The number of aryl methyl sites for hydroxylation is 1. The first-order valence-corrected chi connectivity index (χ1v) is 5.57. The third-order valence-corrected chi connectivity index (χ3v) is 2.40. The summed E-state index contributed by atoms with van der Waals surface area (Å²) in [5, 5.41) is 8.50. The summed E-state index contributed by atoms with van der Waals surface area (Å²) in [7, 11) is 0. The molecule has 1 rings (SSSR count). The van der Waals surface area contributed by atoms with Crippen molar-refractivity contribution in [3.8, 4) is 5.75 Å². The molecule has 0 atom stereocenters. The number of hydrogen-bond acceptors (Lipinski definition) is 3. The topological polar surface area (TPSA) is 63.6 Å². The minimum absolute atomic E-state index is 0.0497. The predicted octanol–water partition coefficient (Wildman–Crippen LogP) is 2.61. The highest BCUT2D eigenvalue weighted by molar-refractivity contribution is 6.08. The molecule has 96 valence electrons. The van der Waals surface area contributed by atoms with Crippen LogP contribution in [0.1, 0.15) is 29.3 Å². The van der Waals surface area contributed by atoms with Gasteiger partial charge in [-0.1, -0.05) is 6.58 Å². The zero-order chi connectivity index (χ0) is 13.7. The highest BCUT2D eigenvalue weighted by Crippen LogP contribution is 2.20. The first-order valence-electron chi connectivity index (χ1n) is 5.57. The van der Waals surface area contributed by atoms with Crippen molar-refractivity contribution in [3.63, 3.8) is 0 Å². The molecule has 0 saturated heterocycles. The van der Waals surface area contributed by atoms with E-state index in [1.165, 1.54) is 0 Å². The van der Waals surface area contributed by atoms with Crippen molar-refractivity contribution in [3.05, 3.63) is 41.5 Å². The van der Waals surface area contributed by atoms with Crippen molar-refractivity contribution in [2.45, 2.75) is 20.3 Å². The summed E-state index contributed by atoms with van der Waals surface area (Å²) in [5.74, 6) is -0.411. The van der Waals surface area contributed by atoms with Crippen LogP contribution in [0.3, 0.4) is 0 Å². The van der Waals surface area contributed by atoms with Gasteiger partial charge in [0.15, 0.2) is 5.78 Å². The third kappa shape index (κ3) is 3.73. The van der Waals surface area contributed by atoms with Gasteiger partial charge in [-0.15, -0.1) is 0 Å². The molecule has 0 radical (unpaired) electrons. The fourth-order valence-electron chi connectivity index (χ4n) is 1.45. The van der Waals surface area contributed by atoms with Crippen LogP contribution in [0.2, 0.25) is 0 Å². The number of carbonyl (C=O) groups is 2. The van der Waals surface area contributed by atoms with E-state index < -0.39 is 5.97 Å². The van der Waals surface area contributed by atoms with Crippen LogP contribution in [0.5, 0.6) is 5.75 Å². The number of rotatable bonds is 6. The van der Waals surface area contributed by atoms with E-state index in [-0.39, 0.29) is 18.8 Å². The molecule has 0 amide bonds. The van der Waals surface area contributed by atoms with Crippen molar-refractivity contribution in [1.29, 1.82) is 0 Å². The van der Waals surface area contributed by atoms with Crippen LogP contribution in [0, 0.1) is 6.92 Å². The molecule has 4 heteroatoms. The Morgan fingerprint density at radius 1 is 1.39 bits per heavy atom. The van der Waals surface area contributed by atoms with Crippen molar-refractivity contribution in [2.75, 3.05) is 6.61 Å². The molecule has 0 aliphatic carbocycles. The second-order valence-electron chi connectivity index (χ2n) is 4.08. The lowest BCUT2D eigenvalue weighted by Crippen LogP contribution is -2.06. The van der Waals surface area contributed by atoms with E-state index in [4.69, 9.17) is 9.84 Å². The van der Waals surface area contributed by atoms with Gasteiger partial charge in [0.2, 0.25) is 0 Å². The van der Waals surface area contributed by atoms with Crippen molar-refractivity contribution in [1.82, 2.24) is 0 Å². The van der Waals surface area contributed by atoms with Gasteiger partial charge in [-0.25, -0.2) is 0 Å². The Labute approximate surface area is 106 Å². The first kappa shape index (κ1) is 14.0. The molecule has 0 bridgehead atoms. The minimum atomic E-state index is -0.901. The molecule has 1 N–H and O–H groups in total. The van der Waals surface area contributed by atoms with Crippen LogP contribution < -0.4 is 4.74 Å². The number of ketones is 1. The number of hydrogen-bond donors (Lipinski definition) is 1. The maximum absolute atomic E-state index is 11.7. The van der Waals surface area contributed by atoms with Crippen LogP contribution in [0.25, 0.3) is 0 Å². The van der Waals surface area contributed by atoms with E-state index >= 15 is 0 Å². The molecule has 1 aromatic rings. The molecule has 1 aromatic carbocycles. The predicted molar refractivity (Wildman–Crippen MR) is 68.1 cm³/mol. The monoisotopic (exact) mass is 248 g/mol. The molecule has 18 heavy (non-hydrogen) atoms. The number of aliphatic carboxylic acids is 1. The Balaban J connectivity index is 2.77. The fourth-order valence-corrected chi connectivity index (χ4v) is 1.45. The summed E-state index contributed by atoms with van der Waals surface area (Å²) >= 11 is 0. The van der Waals surface area contributed by atoms with E-state index in [1.54, 1.807) is 25.1 Å². The molecule has 0 aliphatic rings. The van der Waals surface area contributed by atoms with Crippen molar-refractivity contribution < 1.29 is 19.4 Å². The zero-order valence-corrected chi connectivity index (χ0v) is 10.5. The zero-order valence-electron chi connectivity index (χ0n) is 10.5. The van der Waals surface area contributed by atoms with E-state index in [2.05, 4.69) is 6.58 Å². The second-order valence-corrected chi connectivity index (χ2v) is 4.08. The number of carbonyl (C=O) groups excluding carboxylic acids is 1. The number of allylic oxidation sites excluding steroid dienone is 1. The summed E-state index contributed by atoms with van der Waals surface area (Å²) in [5.41, 5.74) is 1.84. The van der Waals surface area contributed by atoms with E-state index in [0.717, 1.165) is 5.56 Å². The standard InChI is InChI=1S/C14H16O4/c1-9(2)14(17)11-4-5-12(10(3)8-11)18-7-6-13(15)16/h4-5,8H,1,6-7H2,2-3H3,(H,15,16). The number of Topliss-reactive ketones (excluding diaryl/α,β-unsaturated/α-hetero) is 1. The molecule has 0 fully saturated rings. The highest BCUT2D eigenvalue weighted by atomic mass is 16.5. The second kappa shape index (κ2) is 6.00. The molecule has 0 aliphatic heterocycles. The quantitative estimate of drug-likeness (QED) is 0.621. The van der Waals surface area contributed by atoms with Gasteiger partial charge >= 0.3 is 5.97 Å². The van der Waals surface area contributed by atoms with Gasteiger partial charge < -0.3 is 9.84 Å².